The van der Waals surface area contributed by atoms with Gasteiger partial charge in [-0.25, -0.2) is 0 Å². The van der Waals surface area contributed by atoms with Crippen LogP contribution in [0.3, 0.4) is 0 Å². The van der Waals surface area contributed by atoms with E-state index in [9.17, 15) is 4.57 Å². The van der Waals surface area contributed by atoms with E-state index < -0.39 is 7.14 Å². The Morgan fingerprint density at radius 3 is 1.55 bits per heavy atom. The molecular weight excluding hydrogens is 399 g/mol. The Morgan fingerprint density at radius 1 is 0.613 bits per heavy atom. The molecule has 4 heteroatoms. The van der Waals surface area contributed by atoms with Crippen LogP contribution in [0.1, 0.15) is 5.56 Å². The standard InChI is InChI=1S/C27H19N2OP/c28-22-23-16-18-25(19-17-23)29(24-10-4-1-5-11-24)20-21-31(30,26-12-6-2-7-13-26)27-14-8-3-9-15-27/h1-19H. The molecule has 0 fully saturated rings. The van der Waals surface area contributed by atoms with Gasteiger partial charge in [-0.05, 0) is 42.1 Å². The Kier molecular flexibility index (Phi) is 6.00. The van der Waals surface area contributed by atoms with Gasteiger partial charge in [0.2, 0.25) is 7.14 Å². The van der Waals surface area contributed by atoms with Crippen molar-refractivity contribution in [3.8, 4) is 17.8 Å². The number of benzene rings is 4. The summed E-state index contributed by atoms with van der Waals surface area (Å²) in [6, 6.07) is 40.9. The van der Waals surface area contributed by atoms with Crippen LogP contribution in [0.15, 0.2) is 115 Å². The molecule has 0 aromatic heterocycles. The third-order valence-corrected chi connectivity index (χ3v) is 7.29. The molecule has 0 saturated heterocycles. The summed E-state index contributed by atoms with van der Waals surface area (Å²) in [6.45, 7) is 0. The van der Waals surface area contributed by atoms with Gasteiger partial charge >= 0.3 is 0 Å². The first-order valence-electron chi connectivity index (χ1n) is 9.80. The second kappa shape index (κ2) is 9.19. The van der Waals surface area contributed by atoms with Gasteiger partial charge in [0, 0.05) is 16.7 Å². The Bertz CT molecular complexity index is 1260. The van der Waals surface area contributed by atoms with Gasteiger partial charge in [-0.1, -0.05) is 78.9 Å². The monoisotopic (exact) mass is 418 g/mol. The van der Waals surface area contributed by atoms with Crippen molar-refractivity contribution in [3.63, 3.8) is 0 Å². The van der Waals surface area contributed by atoms with E-state index >= 15 is 0 Å². The van der Waals surface area contributed by atoms with Gasteiger partial charge < -0.3 is 0 Å². The number of hydrogen-bond donors (Lipinski definition) is 0. The van der Waals surface area contributed by atoms with Crippen molar-refractivity contribution in [1.29, 1.82) is 5.26 Å². The van der Waals surface area contributed by atoms with Gasteiger partial charge in [-0.2, -0.15) is 5.26 Å². The van der Waals surface area contributed by atoms with E-state index in [4.69, 9.17) is 5.26 Å². The Balaban J connectivity index is 1.86. The highest BCUT2D eigenvalue weighted by Gasteiger charge is 2.25. The zero-order valence-electron chi connectivity index (χ0n) is 16.7. The fraction of sp³-hybridized carbons (Fsp3) is 0. The first-order chi connectivity index (χ1) is 15.2. The number of nitriles is 1. The molecule has 0 spiro atoms. The summed E-state index contributed by atoms with van der Waals surface area (Å²) in [5, 5.41) is 10.5. The topological polar surface area (TPSA) is 44.1 Å². The molecule has 3 nitrogen and oxygen atoms in total. The zero-order chi connectivity index (χ0) is 21.5. The molecule has 0 aliphatic heterocycles. The number of anilines is 2. The van der Waals surface area contributed by atoms with Crippen LogP contribution in [0.5, 0.6) is 0 Å². The third kappa shape index (κ3) is 4.44. The molecule has 0 atom stereocenters. The lowest BCUT2D eigenvalue weighted by molar-refractivity contribution is 0.593. The smallest absolute Gasteiger partial charge is 0.212 e. The number of hydrogen-bond acceptors (Lipinski definition) is 3. The van der Waals surface area contributed by atoms with Crippen molar-refractivity contribution in [3.05, 3.63) is 121 Å². The molecule has 0 heterocycles. The van der Waals surface area contributed by atoms with Crippen molar-refractivity contribution >= 4 is 29.1 Å². The Hall–Kier alpha value is -4.04. The van der Waals surface area contributed by atoms with E-state index in [1.54, 1.807) is 17.0 Å². The average molecular weight is 418 g/mol. The van der Waals surface area contributed by atoms with Crippen LogP contribution in [-0.4, -0.2) is 0 Å². The minimum absolute atomic E-state index is 0.573. The fourth-order valence-corrected chi connectivity index (χ4v) is 5.20. The quantitative estimate of drug-likeness (QED) is 0.245. The Labute approximate surface area is 182 Å². The lowest BCUT2D eigenvalue weighted by Gasteiger charge is -2.19. The van der Waals surface area contributed by atoms with Gasteiger partial charge in [0.05, 0.1) is 23.0 Å². The summed E-state index contributed by atoms with van der Waals surface area (Å²) in [6.07, 6.45) is 0. The normalized spacial score (nSPS) is 10.4. The molecule has 0 aliphatic rings. The summed E-state index contributed by atoms with van der Waals surface area (Å²) in [7, 11) is -3.19. The largest absolute Gasteiger partial charge is 0.300 e. The molecule has 31 heavy (non-hydrogen) atoms. The zero-order valence-corrected chi connectivity index (χ0v) is 17.6. The average Bonchev–Trinajstić information content (AvgIpc) is 2.86. The molecule has 0 N–H and O–H groups in total. The van der Waals surface area contributed by atoms with Gasteiger partial charge in [0.1, 0.15) is 0 Å². The highest BCUT2D eigenvalue weighted by atomic mass is 31.2. The van der Waals surface area contributed by atoms with E-state index in [1.807, 2.05) is 103 Å². The molecular formula is C27H19N2OP. The summed E-state index contributed by atoms with van der Waals surface area (Å²) < 4.78 is 14.2. The maximum absolute atomic E-state index is 14.2. The SMILES string of the molecule is N#Cc1ccc(N(C#CP(=O)(c2ccccc2)c2ccccc2)c2ccccc2)cc1. The third-order valence-electron chi connectivity index (χ3n) is 4.83. The summed E-state index contributed by atoms with van der Waals surface area (Å²) >= 11 is 0. The minimum atomic E-state index is -3.19. The van der Waals surface area contributed by atoms with Crippen LogP contribution >= 0.6 is 7.14 Å². The molecule has 4 aromatic rings. The molecule has 0 saturated carbocycles. The molecule has 4 rings (SSSR count). The summed E-state index contributed by atoms with van der Waals surface area (Å²) in [5.74, 6) is 0. The van der Waals surface area contributed by atoms with Gasteiger partial charge in [0.25, 0.3) is 0 Å². The lowest BCUT2D eigenvalue weighted by atomic mass is 10.2. The van der Waals surface area contributed by atoms with Crippen LogP contribution in [-0.2, 0) is 4.57 Å². The predicted molar refractivity (Wildman–Crippen MR) is 127 cm³/mol. The fourth-order valence-electron chi connectivity index (χ4n) is 3.21. The highest BCUT2D eigenvalue weighted by molar-refractivity contribution is 7.83. The Morgan fingerprint density at radius 2 is 1.06 bits per heavy atom. The van der Waals surface area contributed by atoms with Crippen LogP contribution in [0, 0.1) is 23.0 Å². The van der Waals surface area contributed by atoms with Crippen molar-refractivity contribution in [1.82, 2.24) is 0 Å². The van der Waals surface area contributed by atoms with Crippen LogP contribution in [0.25, 0.3) is 0 Å². The maximum Gasteiger partial charge on any atom is 0.212 e. The molecule has 0 unspecified atom stereocenters. The molecule has 0 aliphatic carbocycles. The molecule has 0 bridgehead atoms. The maximum atomic E-state index is 14.2. The van der Waals surface area contributed by atoms with Crippen molar-refractivity contribution < 1.29 is 4.57 Å². The molecule has 0 radical (unpaired) electrons. The summed E-state index contributed by atoms with van der Waals surface area (Å²) in [5.41, 5.74) is 5.34. The van der Waals surface area contributed by atoms with Crippen molar-refractivity contribution in [2.75, 3.05) is 4.90 Å². The van der Waals surface area contributed by atoms with E-state index in [0.717, 1.165) is 11.4 Å². The van der Waals surface area contributed by atoms with Gasteiger partial charge in [0.15, 0.2) is 0 Å². The van der Waals surface area contributed by atoms with Gasteiger partial charge in [-0.15, -0.1) is 0 Å². The second-order valence-corrected chi connectivity index (χ2v) is 9.31. The minimum Gasteiger partial charge on any atom is -0.300 e. The van der Waals surface area contributed by atoms with Crippen molar-refractivity contribution in [2.45, 2.75) is 0 Å². The van der Waals surface area contributed by atoms with Gasteiger partial charge in [-0.3, -0.25) is 9.46 Å². The van der Waals surface area contributed by atoms with E-state index in [-0.39, 0.29) is 0 Å². The van der Waals surface area contributed by atoms with E-state index in [1.165, 1.54) is 0 Å². The van der Waals surface area contributed by atoms with Crippen LogP contribution in [0.4, 0.5) is 11.4 Å². The second-order valence-electron chi connectivity index (χ2n) is 6.83. The summed E-state index contributed by atoms with van der Waals surface area (Å²) in [4.78, 5) is 1.81. The first kappa shape index (κ1) is 20.2. The molecule has 148 valence electrons. The number of rotatable bonds is 4. The van der Waals surface area contributed by atoms with Crippen LogP contribution < -0.4 is 15.5 Å². The molecule has 0 amide bonds. The first-order valence-corrected chi connectivity index (χ1v) is 11.5. The predicted octanol–water partition coefficient (Wildman–Crippen LogP) is 5.63. The van der Waals surface area contributed by atoms with Crippen molar-refractivity contribution in [2.24, 2.45) is 0 Å². The van der Waals surface area contributed by atoms with E-state index in [0.29, 0.717) is 16.2 Å². The number of nitrogens with zero attached hydrogens (tertiary/aromatic N) is 2. The number of para-hydroxylation sites is 1. The highest BCUT2D eigenvalue weighted by Crippen LogP contribution is 2.42. The lowest BCUT2D eigenvalue weighted by Crippen LogP contribution is -2.16. The molecule has 4 aromatic carbocycles. The van der Waals surface area contributed by atoms with Crippen LogP contribution in [0.2, 0.25) is 0 Å². The van der Waals surface area contributed by atoms with E-state index in [2.05, 4.69) is 17.8 Å².